The van der Waals surface area contributed by atoms with Gasteiger partial charge in [-0.15, -0.1) is 0 Å². The molecule has 0 radical (unpaired) electrons. The van der Waals surface area contributed by atoms with Crippen molar-refractivity contribution in [1.82, 2.24) is 14.1 Å². The molecule has 7 heteroatoms. The number of sulfonamides is 1. The van der Waals surface area contributed by atoms with E-state index in [-0.39, 0.29) is 5.75 Å². The molecular formula is C16H18FN3O2S. The van der Waals surface area contributed by atoms with E-state index in [9.17, 15) is 12.8 Å². The smallest absolute Gasteiger partial charge is 0.218 e. The van der Waals surface area contributed by atoms with Gasteiger partial charge < -0.3 is 0 Å². The molecule has 1 aromatic heterocycles. The second-order valence-electron chi connectivity index (χ2n) is 6.17. The summed E-state index contributed by atoms with van der Waals surface area (Å²) < 4.78 is 42.1. The van der Waals surface area contributed by atoms with E-state index < -0.39 is 15.8 Å². The van der Waals surface area contributed by atoms with Gasteiger partial charge in [-0.05, 0) is 42.5 Å². The number of benzene rings is 1. The van der Waals surface area contributed by atoms with Crippen LogP contribution in [0.5, 0.6) is 0 Å². The number of halogens is 1. The summed E-state index contributed by atoms with van der Waals surface area (Å²) in [4.78, 5) is 0. The number of aromatic nitrogens is 2. The second-order valence-corrected chi connectivity index (χ2v) is 8.14. The van der Waals surface area contributed by atoms with Crippen LogP contribution in [-0.2, 0) is 41.7 Å². The molecule has 23 heavy (non-hydrogen) atoms. The van der Waals surface area contributed by atoms with Gasteiger partial charge in [-0.2, -0.15) is 9.40 Å². The van der Waals surface area contributed by atoms with Crippen LogP contribution >= 0.6 is 0 Å². The van der Waals surface area contributed by atoms with E-state index in [1.165, 1.54) is 22.0 Å². The van der Waals surface area contributed by atoms with Crippen LogP contribution in [0, 0.1) is 5.82 Å². The first-order chi connectivity index (χ1) is 11.0. The van der Waals surface area contributed by atoms with Crippen LogP contribution in [0.1, 0.15) is 28.9 Å². The Morgan fingerprint density at radius 3 is 2.91 bits per heavy atom. The fourth-order valence-corrected chi connectivity index (χ4v) is 4.95. The van der Waals surface area contributed by atoms with Crippen LogP contribution in [0.3, 0.4) is 0 Å². The highest BCUT2D eigenvalue weighted by Gasteiger charge is 2.31. The summed E-state index contributed by atoms with van der Waals surface area (Å²) in [5.41, 5.74) is 3.88. The van der Waals surface area contributed by atoms with Gasteiger partial charge >= 0.3 is 0 Å². The Hall–Kier alpha value is -1.73. The molecule has 0 unspecified atom stereocenters. The zero-order chi connectivity index (χ0) is 16.0. The Morgan fingerprint density at radius 2 is 2.09 bits per heavy atom. The summed E-state index contributed by atoms with van der Waals surface area (Å²) in [5.74, 6) is -0.576. The number of hydrogen-bond acceptors (Lipinski definition) is 3. The van der Waals surface area contributed by atoms with Crippen molar-refractivity contribution in [3.05, 3.63) is 52.6 Å². The average Bonchev–Trinajstić information content (AvgIpc) is 3.06. The van der Waals surface area contributed by atoms with Crippen molar-refractivity contribution < 1.29 is 12.8 Å². The van der Waals surface area contributed by atoms with Crippen LogP contribution in [-0.4, -0.2) is 29.0 Å². The number of rotatable bonds is 3. The monoisotopic (exact) mass is 335 g/mol. The van der Waals surface area contributed by atoms with E-state index in [0.29, 0.717) is 25.2 Å². The van der Waals surface area contributed by atoms with Gasteiger partial charge in [0.15, 0.2) is 0 Å². The molecule has 4 rings (SSSR count). The third-order valence-electron chi connectivity index (χ3n) is 4.61. The largest absolute Gasteiger partial charge is 0.266 e. The van der Waals surface area contributed by atoms with Crippen molar-refractivity contribution in [2.75, 3.05) is 6.54 Å². The highest BCUT2D eigenvalue weighted by Crippen LogP contribution is 2.29. The third-order valence-corrected chi connectivity index (χ3v) is 6.41. The van der Waals surface area contributed by atoms with Crippen molar-refractivity contribution in [3.63, 3.8) is 0 Å². The molecule has 0 saturated carbocycles. The number of aryl methyl sites for hydroxylation is 1. The third kappa shape index (κ3) is 2.68. The van der Waals surface area contributed by atoms with Gasteiger partial charge in [-0.1, -0.05) is 12.1 Å². The first kappa shape index (κ1) is 14.8. The normalized spacial score (nSPS) is 18.0. The maximum Gasteiger partial charge on any atom is 0.218 e. The highest BCUT2D eigenvalue weighted by molar-refractivity contribution is 7.88. The lowest BCUT2D eigenvalue weighted by Crippen LogP contribution is -2.39. The van der Waals surface area contributed by atoms with Crippen LogP contribution in [0.2, 0.25) is 0 Å². The molecule has 122 valence electrons. The van der Waals surface area contributed by atoms with Crippen LogP contribution in [0.4, 0.5) is 4.39 Å². The Bertz CT molecular complexity index is 860. The molecule has 0 atom stereocenters. The lowest BCUT2D eigenvalue weighted by atomic mass is 10.2. The molecular weight excluding hydrogens is 317 g/mol. The first-order valence-electron chi connectivity index (χ1n) is 7.83. The number of nitrogens with zero attached hydrogens (tertiary/aromatic N) is 3. The topological polar surface area (TPSA) is 55.2 Å². The molecule has 0 saturated heterocycles. The minimum Gasteiger partial charge on any atom is -0.266 e. The zero-order valence-corrected chi connectivity index (χ0v) is 13.5. The van der Waals surface area contributed by atoms with Crippen molar-refractivity contribution in [2.24, 2.45) is 0 Å². The van der Waals surface area contributed by atoms with Crippen molar-refractivity contribution >= 4 is 10.0 Å². The van der Waals surface area contributed by atoms with Gasteiger partial charge in [0.1, 0.15) is 5.82 Å². The molecule has 5 nitrogen and oxygen atoms in total. The maximum absolute atomic E-state index is 13.3. The van der Waals surface area contributed by atoms with E-state index >= 15 is 0 Å². The van der Waals surface area contributed by atoms with Crippen LogP contribution < -0.4 is 0 Å². The fourth-order valence-electron chi connectivity index (χ4n) is 3.49. The quantitative estimate of drug-likeness (QED) is 0.860. The Kier molecular flexibility index (Phi) is 3.50. The molecule has 2 aromatic rings. The minimum absolute atomic E-state index is 0.166. The first-order valence-corrected chi connectivity index (χ1v) is 9.43. The van der Waals surface area contributed by atoms with Gasteiger partial charge in [0.25, 0.3) is 0 Å². The fraction of sp³-hybridized carbons (Fsp3) is 0.438. The molecule has 2 aliphatic rings. The molecule has 0 N–H and O–H groups in total. The summed E-state index contributed by atoms with van der Waals surface area (Å²) >= 11 is 0. The number of fused-ring (bicyclic) bond motifs is 3. The van der Waals surface area contributed by atoms with Crippen LogP contribution in [0.15, 0.2) is 24.3 Å². The highest BCUT2D eigenvalue weighted by atomic mass is 32.2. The summed E-state index contributed by atoms with van der Waals surface area (Å²) in [7, 11) is -3.47. The molecule has 0 amide bonds. The van der Waals surface area contributed by atoms with Gasteiger partial charge in [0, 0.05) is 6.54 Å². The Balaban J connectivity index is 1.58. The van der Waals surface area contributed by atoms with E-state index in [0.717, 1.165) is 30.7 Å². The van der Waals surface area contributed by atoms with E-state index in [1.54, 1.807) is 12.1 Å². The SMILES string of the molecule is O=S(=O)(Cc1cccc(F)c1)N1CCn2nc3c(c2C1)CCC3. The van der Waals surface area contributed by atoms with E-state index in [2.05, 4.69) is 5.10 Å². The zero-order valence-electron chi connectivity index (χ0n) is 12.7. The molecule has 0 spiro atoms. The predicted molar refractivity (Wildman–Crippen MR) is 83.7 cm³/mol. The van der Waals surface area contributed by atoms with Gasteiger partial charge in [-0.25, -0.2) is 12.8 Å². The lowest BCUT2D eigenvalue weighted by molar-refractivity contribution is 0.324. The summed E-state index contributed by atoms with van der Waals surface area (Å²) in [6.45, 7) is 1.38. The van der Waals surface area contributed by atoms with Gasteiger partial charge in [-0.3, -0.25) is 4.68 Å². The van der Waals surface area contributed by atoms with Crippen molar-refractivity contribution in [2.45, 2.75) is 38.1 Å². The van der Waals surface area contributed by atoms with E-state index in [1.807, 2.05) is 4.68 Å². The summed E-state index contributed by atoms with van der Waals surface area (Å²) in [6.07, 6.45) is 3.08. The van der Waals surface area contributed by atoms with Gasteiger partial charge in [0.05, 0.1) is 30.2 Å². The Morgan fingerprint density at radius 1 is 1.22 bits per heavy atom. The molecule has 2 heterocycles. The lowest BCUT2D eigenvalue weighted by Gasteiger charge is -2.27. The Labute approximate surface area is 134 Å². The van der Waals surface area contributed by atoms with Crippen molar-refractivity contribution in [3.8, 4) is 0 Å². The molecule has 1 aliphatic carbocycles. The predicted octanol–water partition coefficient (Wildman–Crippen LogP) is 1.86. The van der Waals surface area contributed by atoms with Gasteiger partial charge in [0.2, 0.25) is 10.0 Å². The standard InChI is InChI=1S/C16H18FN3O2S/c17-13-4-1-3-12(9-13)11-23(21,22)19-7-8-20-16(10-19)14-5-2-6-15(14)18-20/h1,3-4,9H,2,5-8,10-11H2. The number of hydrogen-bond donors (Lipinski definition) is 0. The molecule has 1 aromatic carbocycles. The summed E-state index contributed by atoms with van der Waals surface area (Å²) in [6, 6.07) is 5.78. The van der Waals surface area contributed by atoms with E-state index in [4.69, 9.17) is 0 Å². The van der Waals surface area contributed by atoms with Crippen LogP contribution in [0.25, 0.3) is 0 Å². The molecule has 0 fully saturated rings. The van der Waals surface area contributed by atoms with Crippen molar-refractivity contribution in [1.29, 1.82) is 0 Å². The minimum atomic E-state index is -3.47. The second kappa shape index (κ2) is 5.42. The average molecular weight is 335 g/mol. The summed E-state index contributed by atoms with van der Waals surface area (Å²) in [5, 5.41) is 4.59. The molecule has 0 bridgehead atoms. The molecule has 1 aliphatic heterocycles. The maximum atomic E-state index is 13.3.